The summed E-state index contributed by atoms with van der Waals surface area (Å²) in [5.74, 6) is 0. The van der Waals surface area contributed by atoms with Gasteiger partial charge in [0, 0.05) is 25.2 Å². The molecule has 0 bridgehead atoms. The summed E-state index contributed by atoms with van der Waals surface area (Å²) in [4.78, 5) is 4.73. The van der Waals surface area contributed by atoms with Gasteiger partial charge in [-0.25, -0.2) is 0 Å². The zero-order chi connectivity index (χ0) is 10.6. The Labute approximate surface area is 88.0 Å². The summed E-state index contributed by atoms with van der Waals surface area (Å²) in [5.41, 5.74) is 0. The van der Waals surface area contributed by atoms with Crippen LogP contribution in [0, 0.1) is 0 Å². The lowest BCUT2D eigenvalue weighted by Crippen LogP contribution is -2.31. The molecule has 1 heterocycles. The summed E-state index contributed by atoms with van der Waals surface area (Å²) in [6.45, 7) is 5.12. The fourth-order valence-electron chi connectivity index (χ4n) is 1.98. The van der Waals surface area contributed by atoms with Crippen molar-refractivity contribution in [3.63, 3.8) is 0 Å². The van der Waals surface area contributed by atoms with E-state index >= 15 is 0 Å². The second-order valence-electron chi connectivity index (χ2n) is 4.52. The Kier molecular flexibility index (Phi) is 4.85. The highest BCUT2D eigenvalue weighted by Crippen LogP contribution is 2.19. The van der Waals surface area contributed by atoms with Crippen molar-refractivity contribution >= 4 is 0 Å². The van der Waals surface area contributed by atoms with Crippen LogP contribution in [0.1, 0.15) is 19.8 Å². The third-order valence-corrected chi connectivity index (χ3v) is 3.06. The number of hydrogen-bond acceptors (Lipinski definition) is 3. The van der Waals surface area contributed by atoms with E-state index in [1.807, 2.05) is 0 Å². The van der Waals surface area contributed by atoms with Crippen LogP contribution < -0.4 is 0 Å². The Bertz CT molecular complexity index is 161. The monoisotopic (exact) mass is 200 g/mol. The van der Waals surface area contributed by atoms with Gasteiger partial charge in [-0.15, -0.1) is 0 Å². The number of ether oxygens (including phenoxy) is 1. The average molecular weight is 200 g/mol. The summed E-state index contributed by atoms with van der Waals surface area (Å²) in [5, 5.41) is 0. The van der Waals surface area contributed by atoms with Gasteiger partial charge in [0.15, 0.2) is 0 Å². The molecule has 0 aliphatic carbocycles. The van der Waals surface area contributed by atoms with E-state index < -0.39 is 0 Å². The molecule has 1 rings (SSSR count). The second kappa shape index (κ2) is 5.69. The van der Waals surface area contributed by atoms with Crippen molar-refractivity contribution in [3.8, 4) is 0 Å². The van der Waals surface area contributed by atoms with E-state index in [1.54, 1.807) is 0 Å². The maximum absolute atomic E-state index is 5.61. The van der Waals surface area contributed by atoms with Crippen molar-refractivity contribution < 1.29 is 4.74 Å². The van der Waals surface area contributed by atoms with E-state index in [9.17, 15) is 0 Å². The Morgan fingerprint density at radius 1 is 1.43 bits per heavy atom. The van der Waals surface area contributed by atoms with E-state index in [2.05, 4.69) is 37.9 Å². The molecule has 3 nitrogen and oxygen atoms in total. The summed E-state index contributed by atoms with van der Waals surface area (Å²) in [6, 6.07) is 1.32. The maximum Gasteiger partial charge on any atom is 0.0622 e. The van der Waals surface area contributed by atoms with Crippen molar-refractivity contribution in [2.24, 2.45) is 0 Å². The average Bonchev–Trinajstić information content (AvgIpc) is 2.49. The summed E-state index contributed by atoms with van der Waals surface area (Å²) < 4.78 is 5.61. The second-order valence-corrected chi connectivity index (χ2v) is 4.52. The molecule has 1 fully saturated rings. The van der Waals surface area contributed by atoms with Gasteiger partial charge >= 0.3 is 0 Å². The van der Waals surface area contributed by atoms with Crippen molar-refractivity contribution in [1.82, 2.24) is 9.80 Å². The van der Waals surface area contributed by atoms with Crippen LogP contribution >= 0.6 is 0 Å². The molecule has 0 spiro atoms. The first-order valence-electron chi connectivity index (χ1n) is 5.59. The van der Waals surface area contributed by atoms with E-state index in [4.69, 9.17) is 4.74 Å². The quantitative estimate of drug-likeness (QED) is 0.617. The Balaban J connectivity index is 2.26. The predicted molar refractivity (Wildman–Crippen MR) is 59.6 cm³/mol. The van der Waals surface area contributed by atoms with Gasteiger partial charge in [0.1, 0.15) is 0 Å². The zero-order valence-electron chi connectivity index (χ0n) is 9.99. The van der Waals surface area contributed by atoms with Crippen molar-refractivity contribution in [2.75, 3.05) is 40.9 Å². The highest BCUT2D eigenvalue weighted by atomic mass is 16.5. The molecule has 1 aliphatic rings. The standard InChI is InChI=1S/C11H24N2O/c1-5-6-14-9-11-7-10(12(2)3)8-13(11)4/h10-11H,5-9H2,1-4H3/t10-,11+/m1/s1. The Hall–Kier alpha value is -0.120. The molecule has 0 N–H and O–H groups in total. The molecule has 0 aromatic rings. The molecule has 14 heavy (non-hydrogen) atoms. The highest BCUT2D eigenvalue weighted by molar-refractivity contribution is 4.87. The minimum absolute atomic E-state index is 0.619. The van der Waals surface area contributed by atoms with Crippen LogP contribution in [0.4, 0.5) is 0 Å². The van der Waals surface area contributed by atoms with Crippen LogP contribution in [0.2, 0.25) is 0 Å². The van der Waals surface area contributed by atoms with Crippen molar-refractivity contribution in [3.05, 3.63) is 0 Å². The van der Waals surface area contributed by atoms with Crippen LogP contribution in [0.25, 0.3) is 0 Å². The van der Waals surface area contributed by atoms with Crippen LogP contribution in [0.3, 0.4) is 0 Å². The molecule has 3 heteroatoms. The molecule has 0 radical (unpaired) electrons. The number of rotatable bonds is 5. The van der Waals surface area contributed by atoms with Crippen LogP contribution in [0.15, 0.2) is 0 Å². The zero-order valence-corrected chi connectivity index (χ0v) is 9.99. The SMILES string of the molecule is CCCOC[C@@H]1C[C@@H](N(C)C)CN1C. The van der Waals surface area contributed by atoms with Gasteiger partial charge in [-0.3, -0.25) is 4.90 Å². The van der Waals surface area contributed by atoms with Gasteiger partial charge in [-0.2, -0.15) is 0 Å². The van der Waals surface area contributed by atoms with E-state index in [1.165, 1.54) is 13.0 Å². The van der Waals surface area contributed by atoms with Gasteiger partial charge in [-0.1, -0.05) is 6.92 Å². The molecule has 1 aliphatic heterocycles. The maximum atomic E-state index is 5.61. The smallest absolute Gasteiger partial charge is 0.0622 e. The highest BCUT2D eigenvalue weighted by Gasteiger charge is 2.30. The fraction of sp³-hybridized carbons (Fsp3) is 1.00. The summed E-state index contributed by atoms with van der Waals surface area (Å²) >= 11 is 0. The first-order chi connectivity index (χ1) is 6.65. The van der Waals surface area contributed by atoms with Gasteiger partial charge < -0.3 is 9.64 Å². The molecule has 2 atom stereocenters. The number of hydrogen-bond donors (Lipinski definition) is 0. The Morgan fingerprint density at radius 3 is 2.64 bits per heavy atom. The van der Waals surface area contributed by atoms with Crippen LogP contribution in [-0.2, 0) is 4.74 Å². The van der Waals surface area contributed by atoms with Gasteiger partial charge in [0.05, 0.1) is 6.61 Å². The molecule has 0 aromatic heterocycles. The first kappa shape index (κ1) is 12.0. The lowest BCUT2D eigenvalue weighted by Gasteiger charge is -2.18. The summed E-state index contributed by atoms with van der Waals surface area (Å²) in [6.07, 6.45) is 2.36. The third-order valence-electron chi connectivity index (χ3n) is 3.06. The van der Waals surface area contributed by atoms with Gasteiger partial charge in [-0.05, 0) is 34.0 Å². The fourth-order valence-corrected chi connectivity index (χ4v) is 1.98. The van der Waals surface area contributed by atoms with E-state index in [0.717, 1.165) is 19.6 Å². The molecule has 0 saturated carbocycles. The lowest BCUT2D eigenvalue weighted by molar-refractivity contribution is 0.0862. The lowest BCUT2D eigenvalue weighted by atomic mass is 10.1. The third kappa shape index (κ3) is 3.23. The predicted octanol–water partition coefficient (Wildman–Crippen LogP) is 1.05. The molecular weight excluding hydrogens is 176 g/mol. The minimum atomic E-state index is 0.619. The molecular formula is C11H24N2O. The molecule has 0 amide bonds. The van der Waals surface area contributed by atoms with Crippen molar-refractivity contribution in [1.29, 1.82) is 0 Å². The molecule has 0 aromatic carbocycles. The largest absolute Gasteiger partial charge is 0.380 e. The van der Waals surface area contributed by atoms with Crippen LogP contribution in [0.5, 0.6) is 0 Å². The van der Waals surface area contributed by atoms with Gasteiger partial charge in [0.25, 0.3) is 0 Å². The Morgan fingerprint density at radius 2 is 2.14 bits per heavy atom. The number of nitrogens with zero attached hydrogens (tertiary/aromatic N) is 2. The number of likely N-dealkylation sites (tertiary alicyclic amines) is 1. The molecule has 0 unspecified atom stereocenters. The van der Waals surface area contributed by atoms with Crippen molar-refractivity contribution in [2.45, 2.75) is 31.8 Å². The topological polar surface area (TPSA) is 15.7 Å². The number of likely N-dealkylation sites (N-methyl/N-ethyl adjacent to an activating group) is 2. The van der Waals surface area contributed by atoms with Gasteiger partial charge in [0.2, 0.25) is 0 Å². The van der Waals surface area contributed by atoms with Crippen LogP contribution in [-0.4, -0.2) is 62.8 Å². The van der Waals surface area contributed by atoms with E-state index in [-0.39, 0.29) is 0 Å². The molecule has 84 valence electrons. The normalized spacial score (nSPS) is 28.9. The summed E-state index contributed by atoms with van der Waals surface area (Å²) in [7, 11) is 6.52. The molecule has 1 saturated heterocycles. The van der Waals surface area contributed by atoms with E-state index in [0.29, 0.717) is 12.1 Å². The first-order valence-corrected chi connectivity index (χ1v) is 5.59. The minimum Gasteiger partial charge on any atom is -0.380 e.